The highest BCUT2D eigenvalue weighted by molar-refractivity contribution is 5.69. The van der Waals surface area contributed by atoms with Gasteiger partial charge >= 0.3 is 5.97 Å². The zero-order chi connectivity index (χ0) is 9.68. The van der Waals surface area contributed by atoms with Crippen LogP contribution in [0.5, 0.6) is 0 Å². The molecule has 0 amide bonds. The minimum absolute atomic E-state index is 0.147. The molecule has 0 radical (unpaired) electrons. The van der Waals surface area contributed by atoms with Crippen molar-refractivity contribution in [3.8, 4) is 0 Å². The molecule has 0 aromatic rings. The molecule has 0 aromatic heterocycles. The van der Waals surface area contributed by atoms with Crippen molar-refractivity contribution in [1.82, 2.24) is 4.90 Å². The largest absolute Gasteiger partial charge is 0.480 e. The monoisotopic (exact) mass is 187 g/mol. The summed E-state index contributed by atoms with van der Waals surface area (Å²) in [6.45, 7) is 1.49. The van der Waals surface area contributed by atoms with Crippen LogP contribution in [0.1, 0.15) is 19.3 Å². The fourth-order valence-corrected chi connectivity index (χ4v) is 1.52. The van der Waals surface area contributed by atoms with Crippen LogP contribution in [0.4, 0.5) is 0 Å². The molecule has 13 heavy (non-hydrogen) atoms. The summed E-state index contributed by atoms with van der Waals surface area (Å²) in [6.07, 6.45) is 3.50. The van der Waals surface area contributed by atoms with Gasteiger partial charge in [0.15, 0.2) is 0 Å². The van der Waals surface area contributed by atoms with E-state index in [-0.39, 0.29) is 6.54 Å². The number of hydrogen-bond donors (Lipinski definition) is 1. The van der Waals surface area contributed by atoms with Crippen LogP contribution in [0.15, 0.2) is 0 Å². The fourth-order valence-electron chi connectivity index (χ4n) is 1.52. The Labute approximate surface area is 78.5 Å². The summed E-state index contributed by atoms with van der Waals surface area (Å²) in [7, 11) is 1.64. The Morgan fingerprint density at radius 2 is 2.31 bits per heavy atom. The first-order chi connectivity index (χ1) is 6.24. The molecule has 0 heterocycles. The molecule has 4 heteroatoms. The lowest BCUT2D eigenvalue weighted by Crippen LogP contribution is -2.44. The van der Waals surface area contributed by atoms with Crippen molar-refractivity contribution >= 4 is 5.97 Å². The van der Waals surface area contributed by atoms with E-state index in [0.29, 0.717) is 12.6 Å². The van der Waals surface area contributed by atoms with Crippen molar-refractivity contribution < 1.29 is 14.6 Å². The third kappa shape index (κ3) is 3.32. The molecule has 1 saturated carbocycles. The van der Waals surface area contributed by atoms with E-state index in [2.05, 4.69) is 0 Å². The van der Waals surface area contributed by atoms with Gasteiger partial charge in [-0.2, -0.15) is 0 Å². The molecule has 0 bridgehead atoms. The summed E-state index contributed by atoms with van der Waals surface area (Å²) in [5, 5.41) is 8.67. The number of carboxylic acids is 1. The molecule has 0 atom stereocenters. The van der Waals surface area contributed by atoms with Gasteiger partial charge in [0.25, 0.3) is 0 Å². The highest BCUT2D eigenvalue weighted by Gasteiger charge is 2.25. The minimum Gasteiger partial charge on any atom is -0.480 e. The van der Waals surface area contributed by atoms with E-state index in [4.69, 9.17) is 9.84 Å². The SMILES string of the molecule is COCCN(CC(=O)O)C1CCC1. The van der Waals surface area contributed by atoms with Crippen molar-refractivity contribution in [2.75, 3.05) is 26.8 Å². The lowest BCUT2D eigenvalue weighted by molar-refractivity contribution is -0.139. The van der Waals surface area contributed by atoms with Crippen LogP contribution >= 0.6 is 0 Å². The maximum atomic E-state index is 10.5. The number of carbonyl (C=O) groups is 1. The van der Waals surface area contributed by atoms with Crippen molar-refractivity contribution in [2.24, 2.45) is 0 Å². The van der Waals surface area contributed by atoms with Crippen LogP contribution in [0, 0.1) is 0 Å². The van der Waals surface area contributed by atoms with Gasteiger partial charge < -0.3 is 9.84 Å². The Balaban J connectivity index is 2.28. The lowest BCUT2D eigenvalue weighted by atomic mass is 9.91. The van der Waals surface area contributed by atoms with Crippen molar-refractivity contribution in [1.29, 1.82) is 0 Å². The maximum absolute atomic E-state index is 10.5. The summed E-state index contributed by atoms with van der Waals surface area (Å²) in [6, 6.07) is 0.478. The fraction of sp³-hybridized carbons (Fsp3) is 0.889. The standard InChI is InChI=1S/C9H17NO3/c1-13-6-5-10(7-9(11)12)8-3-2-4-8/h8H,2-7H2,1H3,(H,11,12). The van der Waals surface area contributed by atoms with Crippen LogP contribution in [0.25, 0.3) is 0 Å². The Kier molecular flexibility index (Phi) is 4.18. The molecule has 0 unspecified atom stereocenters. The van der Waals surface area contributed by atoms with Crippen LogP contribution in [-0.2, 0) is 9.53 Å². The van der Waals surface area contributed by atoms with Gasteiger partial charge in [-0.25, -0.2) is 0 Å². The van der Waals surface area contributed by atoms with E-state index in [1.807, 2.05) is 4.90 Å². The van der Waals surface area contributed by atoms with Crippen molar-refractivity contribution in [2.45, 2.75) is 25.3 Å². The number of hydrogen-bond acceptors (Lipinski definition) is 3. The third-order valence-corrected chi connectivity index (χ3v) is 2.51. The molecule has 76 valence electrons. The highest BCUT2D eigenvalue weighted by atomic mass is 16.5. The first-order valence-corrected chi connectivity index (χ1v) is 4.69. The second kappa shape index (κ2) is 5.19. The van der Waals surface area contributed by atoms with Crippen LogP contribution in [0.3, 0.4) is 0 Å². The highest BCUT2D eigenvalue weighted by Crippen LogP contribution is 2.24. The predicted octanol–water partition coefficient (Wildman–Crippen LogP) is 0.572. The minimum atomic E-state index is -0.747. The molecular formula is C9H17NO3. The lowest BCUT2D eigenvalue weighted by Gasteiger charge is -2.36. The van der Waals surface area contributed by atoms with E-state index in [1.165, 1.54) is 6.42 Å². The molecule has 1 rings (SSSR count). The Hall–Kier alpha value is -0.610. The maximum Gasteiger partial charge on any atom is 0.317 e. The zero-order valence-corrected chi connectivity index (χ0v) is 8.03. The number of methoxy groups -OCH3 is 1. The van der Waals surface area contributed by atoms with Gasteiger partial charge in [-0.3, -0.25) is 9.69 Å². The summed E-state index contributed by atoms with van der Waals surface area (Å²) in [4.78, 5) is 12.5. The molecule has 0 aliphatic heterocycles. The van der Waals surface area contributed by atoms with E-state index in [1.54, 1.807) is 7.11 Å². The van der Waals surface area contributed by atoms with Crippen LogP contribution in [-0.4, -0.2) is 48.8 Å². The number of rotatable bonds is 6. The van der Waals surface area contributed by atoms with Gasteiger partial charge in [-0.1, -0.05) is 6.42 Å². The van der Waals surface area contributed by atoms with E-state index >= 15 is 0 Å². The smallest absolute Gasteiger partial charge is 0.317 e. The Bertz CT molecular complexity index is 168. The number of aliphatic carboxylic acids is 1. The van der Waals surface area contributed by atoms with Crippen LogP contribution in [0.2, 0.25) is 0 Å². The van der Waals surface area contributed by atoms with Gasteiger partial charge in [0.1, 0.15) is 0 Å². The molecule has 1 aliphatic rings. The normalized spacial score (nSPS) is 17.4. The summed E-state index contributed by atoms with van der Waals surface area (Å²) >= 11 is 0. The summed E-state index contributed by atoms with van der Waals surface area (Å²) < 4.78 is 4.94. The quantitative estimate of drug-likeness (QED) is 0.660. The molecule has 1 N–H and O–H groups in total. The third-order valence-electron chi connectivity index (χ3n) is 2.51. The first kappa shape index (κ1) is 10.5. The van der Waals surface area contributed by atoms with E-state index in [0.717, 1.165) is 19.4 Å². The zero-order valence-electron chi connectivity index (χ0n) is 8.03. The second-order valence-electron chi connectivity index (χ2n) is 3.44. The number of ether oxygens (including phenoxy) is 1. The Morgan fingerprint density at radius 1 is 1.62 bits per heavy atom. The Morgan fingerprint density at radius 3 is 2.69 bits per heavy atom. The second-order valence-corrected chi connectivity index (χ2v) is 3.44. The summed E-state index contributed by atoms with van der Waals surface area (Å²) in [5.74, 6) is -0.747. The van der Waals surface area contributed by atoms with Gasteiger partial charge in [-0.05, 0) is 12.8 Å². The molecule has 1 aliphatic carbocycles. The molecule has 0 saturated heterocycles. The van der Waals surface area contributed by atoms with Gasteiger partial charge in [0.05, 0.1) is 13.2 Å². The molecule has 0 spiro atoms. The molecular weight excluding hydrogens is 170 g/mol. The molecule has 4 nitrogen and oxygen atoms in total. The van der Waals surface area contributed by atoms with E-state index in [9.17, 15) is 4.79 Å². The summed E-state index contributed by atoms with van der Waals surface area (Å²) in [5.41, 5.74) is 0. The van der Waals surface area contributed by atoms with Gasteiger partial charge in [-0.15, -0.1) is 0 Å². The van der Waals surface area contributed by atoms with Crippen molar-refractivity contribution in [3.05, 3.63) is 0 Å². The molecule has 0 aromatic carbocycles. The van der Waals surface area contributed by atoms with E-state index < -0.39 is 5.97 Å². The number of carboxylic acid groups (broad SMARTS) is 1. The van der Waals surface area contributed by atoms with Gasteiger partial charge in [0, 0.05) is 19.7 Å². The predicted molar refractivity (Wildman–Crippen MR) is 48.7 cm³/mol. The number of nitrogens with zero attached hydrogens (tertiary/aromatic N) is 1. The topological polar surface area (TPSA) is 49.8 Å². The van der Waals surface area contributed by atoms with Crippen molar-refractivity contribution in [3.63, 3.8) is 0 Å². The van der Waals surface area contributed by atoms with Gasteiger partial charge in [0.2, 0.25) is 0 Å². The molecule has 1 fully saturated rings. The first-order valence-electron chi connectivity index (χ1n) is 4.69. The van der Waals surface area contributed by atoms with Crippen LogP contribution < -0.4 is 0 Å². The average Bonchev–Trinajstić information content (AvgIpc) is 1.95. The average molecular weight is 187 g/mol.